The number of hydrazine groups is 1. The average Bonchev–Trinajstić information content (AvgIpc) is 2.39. The molecule has 1 amide bonds. The predicted molar refractivity (Wildman–Crippen MR) is 88.7 cm³/mol. The molecule has 0 heterocycles. The van der Waals surface area contributed by atoms with Gasteiger partial charge in [-0.1, -0.05) is 11.6 Å². The Labute approximate surface area is 141 Å². The number of hydrogen-bond donors (Lipinski definition) is 4. The highest BCUT2D eigenvalue weighted by atomic mass is 127. The van der Waals surface area contributed by atoms with Crippen LogP contribution in [0.5, 0.6) is 0 Å². The number of amides is 1. The van der Waals surface area contributed by atoms with Crippen molar-refractivity contribution in [3.05, 3.63) is 26.3 Å². The van der Waals surface area contributed by atoms with Crippen molar-refractivity contribution in [2.45, 2.75) is 10.2 Å². The summed E-state index contributed by atoms with van der Waals surface area (Å²) in [5.74, 6) is 4.50. The minimum Gasteiger partial charge on any atom is -0.380 e. The van der Waals surface area contributed by atoms with Crippen molar-refractivity contribution in [3.8, 4) is 6.07 Å². The van der Waals surface area contributed by atoms with Gasteiger partial charge in [0.05, 0.1) is 14.2 Å². The van der Waals surface area contributed by atoms with Gasteiger partial charge in [-0.05, 0) is 57.3 Å². The second-order valence-corrected chi connectivity index (χ2v) is 6.14. The van der Waals surface area contributed by atoms with Crippen LogP contribution in [0.3, 0.4) is 0 Å². The fourth-order valence-corrected chi connectivity index (χ4v) is 2.60. The van der Waals surface area contributed by atoms with Gasteiger partial charge in [0.2, 0.25) is 0 Å². The molecule has 0 saturated carbocycles. The third-order valence-corrected chi connectivity index (χ3v) is 4.76. The molecule has 0 radical (unpaired) electrons. The molecule has 0 aliphatic rings. The van der Waals surface area contributed by atoms with E-state index in [4.69, 9.17) is 22.7 Å². The van der Waals surface area contributed by atoms with E-state index >= 15 is 0 Å². The van der Waals surface area contributed by atoms with Crippen LogP contribution >= 0.6 is 56.8 Å². The van der Waals surface area contributed by atoms with Gasteiger partial charge in [0, 0.05) is 5.69 Å². The smallest absolute Gasteiger partial charge is 0.259 e. The van der Waals surface area contributed by atoms with Gasteiger partial charge in [-0.2, -0.15) is 5.26 Å². The molecule has 0 unspecified atom stereocenters. The zero-order chi connectivity index (χ0) is 14.6. The number of rotatable bonds is 4. The summed E-state index contributed by atoms with van der Waals surface area (Å²) in [4.78, 5) is 11.5. The lowest BCUT2D eigenvalue weighted by molar-refractivity contribution is -0.122. The first-order valence-corrected chi connectivity index (χ1v) is 7.59. The second kappa shape index (κ2) is 7.44. The highest BCUT2D eigenvalue weighted by Gasteiger charge is 2.25. The summed E-state index contributed by atoms with van der Waals surface area (Å²) in [5, 5.41) is 21.5. The maximum Gasteiger partial charge on any atom is 0.259 e. The number of nitriles is 1. The number of aliphatic hydroxyl groups excluding tert-OH is 1. The Bertz CT molecular complexity index is 533. The van der Waals surface area contributed by atoms with Gasteiger partial charge in [-0.15, -0.1) is 0 Å². The summed E-state index contributed by atoms with van der Waals surface area (Å²) in [7, 11) is 0. The molecular formula is C10H9ClI2N4O2. The number of halogens is 3. The normalized spacial score (nSPS) is 13.3. The van der Waals surface area contributed by atoms with Gasteiger partial charge in [0.15, 0.2) is 0 Å². The molecule has 0 bridgehead atoms. The van der Waals surface area contributed by atoms with Gasteiger partial charge in [0.1, 0.15) is 16.2 Å². The Morgan fingerprint density at radius 3 is 2.68 bits per heavy atom. The topological polar surface area (TPSA) is 111 Å². The van der Waals surface area contributed by atoms with Crippen molar-refractivity contribution in [1.29, 1.82) is 5.26 Å². The van der Waals surface area contributed by atoms with E-state index in [1.54, 1.807) is 28.7 Å². The summed E-state index contributed by atoms with van der Waals surface area (Å²) in [6.07, 6.45) is 0. The SMILES string of the molecule is N#Cc1ccc(N[C@@H](C(=O)NN)[C@@H](O)I)c(I)c1Cl. The van der Waals surface area contributed by atoms with Crippen LogP contribution in [-0.2, 0) is 4.79 Å². The van der Waals surface area contributed by atoms with Crippen LogP contribution in [0.2, 0.25) is 5.02 Å². The molecule has 1 aromatic rings. The van der Waals surface area contributed by atoms with Crippen LogP contribution in [-0.4, -0.2) is 21.2 Å². The van der Waals surface area contributed by atoms with E-state index in [9.17, 15) is 9.90 Å². The van der Waals surface area contributed by atoms with Crippen molar-refractivity contribution in [3.63, 3.8) is 0 Å². The molecule has 0 spiro atoms. The minimum absolute atomic E-state index is 0.294. The number of carbonyl (C=O) groups is 1. The quantitative estimate of drug-likeness (QED) is 0.162. The van der Waals surface area contributed by atoms with Crippen molar-refractivity contribution >= 4 is 68.4 Å². The number of alkyl halides is 1. The molecule has 0 saturated heterocycles. The first-order chi connectivity index (χ1) is 8.92. The van der Waals surface area contributed by atoms with E-state index in [0.29, 0.717) is 19.8 Å². The Hall–Kier alpha value is -0.350. The molecule has 0 aliphatic heterocycles. The number of aliphatic hydroxyl groups is 1. The molecule has 1 rings (SSSR count). The molecule has 9 heteroatoms. The number of benzene rings is 1. The number of nitrogens with zero attached hydrogens (tertiary/aromatic N) is 1. The largest absolute Gasteiger partial charge is 0.380 e. The van der Waals surface area contributed by atoms with Gasteiger partial charge in [-0.3, -0.25) is 10.2 Å². The van der Waals surface area contributed by atoms with E-state index in [2.05, 4.69) is 5.32 Å². The number of carbonyl (C=O) groups excluding carboxylic acids is 1. The molecule has 0 aliphatic carbocycles. The predicted octanol–water partition coefficient (Wildman–Crippen LogP) is 1.34. The van der Waals surface area contributed by atoms with Gasteiger partial charge < -0.3 is 10.4 Å². The van der Waals surface area contributed by atoms with Crippen molar-refractivity contribution in [2.75, 3.05) is 5.32 Å². The summed E-state index contributed by atoms with van der Waals surface area (Å²) in [5.41, 5.74) is 2.84. The number of anilines is 1. The molecule has 0 fully saturated rings. The van der Waals surface area contributed by atoms with Crippen molar-refractivity contribution < 1.29 is 9.90 Å². The van der Waals surface area contributed by atoms with Crippen LogP contribution in [0.4, 0.5) is 5.69 Å². The van der Waals surface area contributed by atoms with Crippen LogP contribution in [0.25, 0.3) is 0 Å². The fraction of sp³-hybridized carbons (Fsp3) is 0.200. The van der Waals surface area contributed by atoms with E-state index in [1.165, 1.54) is 6.07 Å². The third kappa shape index (κ3) is 4.06. The molecule has 0 aromatic heterocycles. The first-order valence-electron chi connectivity index (χ1n) is 4.89. The number of nitrogens with one attached hydrogen (secondary N) is 2. The maximum absolute atomic E-state index is 11.5. The van der Waals surface area contributed by atoms with E-state index < -0.39 is 16.1 Å². The van der Waals surface area contributed by atoms with Gasteiger partial charge in [0.25, 0.3) is 5.91 Å². The zero-order valence-electron chi connectivity index (χ0n) is 9.32. The standard InChI is InChI=1S/C10H9ClI2N4O2/c11-6-4(3-14)1-2-5(7(6)12)16-8(9(13)18)10(19)17-15/h1-2,8-9,16,18H,15H2,(H,17,19)/t8-,9-/m1/s1. The van der Waals surface area contributed by atoms with E-state index in [1.807, 2.05) is 34.1 Å². The lowest BCUT2D eigenvalue weighted by Crippen LogP contribution is -2.47. The third-order valence-electron chi connectivity index (χ3n) is 2.21. The van der Waals surface area contributed by atoms with Gasteiger partial charge >= 0.3 is 0 Å². The molecular weight excluding hydrogens is 497 g/mol. The van der Waals surface area contributed by atoms with Crippen LogP contribution in [0.1, 0.15) is 5.56 Å². The Balaban J connectivity index is 3.08. The highest BCUT2D eigenvalue weighted by molar-refractivity contribution is 14.1. The number of nitrogens with two attached hydrogens (primary N) is 1. The lowest BCUT2D eigenvalue weighted by Gasteiger charge is -2.21. The lowest BCUT2D eigenvalue weighted by atomic mass is 10.2. The van der Waals surface area contributed by atoms with Crippen LogP contribution in [0.15, 0.2) is 12.1 Å². The maximum atomic E-state index is 11.5. The van der Waals surface area contributed by atoms with E-state index in [-0.39, 0.29) is 0 Å². The monoisotopic (exact) mass is 506 g/mol. The fourth-order valence-electron chi connectivity index (χ4n) is 1.26. The summed E-state index contributed by atoms with van der Waals surface area (Å²) < 4.78 is -0.392. The molecule has 6 nitrogen and oxygen atoms in total. The summed E-state index contributed by atoms with van der Waals surface area (Å²) >= 11 is 9.66. The first kappa shape index (κ1) is 16.7. The average molecular weight is 506 g/mol. The second-order valence-electron chi connectivity index (χ2n) is 3.40. The van der Waals surface area contributed by atoms with Crippen LogP contribution in [0, 0.1) is 14.9 Å². The molecule has 5 N–H and O–H groups in total. The van der Waals surface area contributed by atoms with Crippen molar-refractivity contribution in [2.24, 2.45) is 5.84 Å². The zero-order valence-corrected chi connectivity index (χ0v) is 14.4. The summed E-state index contributed by atoms with van der Waals surface area (Å²) in [6.45, 7) is 0. The Morgan fingerprint density at radius 2 is 2.21 bits per heavy atom. The molecule has 19 heavy (non-hydrogen) atoms. The van der Waals surface area contributed by atoms with Crippen LogP contribution < -0.4 is 16.6 Å². The van der Waals surface area contributed by atoms with Gasteiger partial charge in [-0.25, -0.2) is 5.84 Å². The molecule has 102 valence electrons. The summed E-state index contributed by atoms with van der Waals surface area (Å²) in [6, 6.07) is 4.18. The number of hydrogen-bond acceptors (Lipinski definition) is 5. The Kier molecular flexibility index (Phi) is 6.54. The molecule has 2 atom stereocenters. The minimum atomic E-state index is -0.980. The Morgan fingerprint density at radius 1 is 1.58 bits per heavy atom. The molecule has 1 aromatic carbocycles. The van der Waals surface area contributed by atoms with Crippen molar-refractivity contribution in [1.82, 2.24) is 5.43 Å². The van der Waals surface area contributed by atoms with E-state index in [0.717, 1.165) is 0 Å². The highest BCUT2D eigenvalue weighted by Crippen LogP contribution is 2.30.